The summed E-state index contributed by atoms with van der Waals surface area (Å²) in [4.78, 5) is 39.9. The number of esters is 1. The number of nitrogens with zero attached hydrogens (tertiary/aromatic N) is 1. The summed E-state index contributed by atoms with van der Waals surface area (Å²) in [6.45, 7) is 0. The van der Waals surface area contributed by atoms with E-state index in [-0.39, 0.29) is 11.8 Å². The molecule has 2 amide bonds. The van der Waals surface area contributed by atoms with Crippen molar-refractivity contribution < 1.29 is 23.9 Å². The van der Waals surface area contributed by atoms with Crippen LogP contribution in [0.4, 0.5) is 0 Å². The molecule has 0 spiro atoms. The fourth-order valence-electron chi connectivity index (χ4n) is 4.30. The number of rotatable bonds is 6. The Morgan fingerprint density at radius 2 is 1.96 bits per heavy atom. The molecule has 4 atom stereocenters. The largest absolute Gasteiger partial charge is 0.496 e. The Kier molecular flexibility index (Phi) is 5.48. The van der Waals surface area contributed by atoms with Gasteiger partial charge in [-0.3, -0.25) is 24.6 Å². The summed E-state index contributed by atoms with van der Waals surface area (Å²) in [5.41, 5.74) is -0.493. The van der Waals surface area contributed by atoms with Crippen LogP contribution in [0.15, 0.2) is 24.3 Å². The molecule has 146 valence electrons. The van der Waals surface area contributed by atoms with Gasteiger partial charge in [-0.2, -0.15) is 11.8 Å². The lowest BCUT2D eigenvalue weighted by Gasteiger charge is -2.32. The molecule has 2 heterocycles. The first-order valence-electron chi connectivity index (χ1n) is 8.72. The van der Waals surface area contributed by atoms with Crippen molar-refractivity contribution in [3.8, 4) is 5.75 Å². The highest BCUT2D eigenvalue weighted by Gasteiger charge is 2.68. The predicted octanol–water partition coefficient (Wildman–Crippen LogP) is 1.24. The Morgan fingerprint density at radius 3 is 2.59 bits per heavy atom. The third-order valence-electron chi connectivity index (χ3n) is 5.60. The molecule has 7 nitrogen and oxygen atoms in total. The quantitative estimate of drug-likeness (QED) is 0.576. The molecule has 3 rings (SSSR count). The minimum absolute atomic E-state index is 0.289. The highest BCUT2D eigenvalue weighted by molar-refractivity contribution is 7.98. The Balaban J connectivity index is 2.16. The number of thioether (sulfide) groups is 1. The van der Waals surface area contributed by atoms with E-state index in [2.05, 4.69) is 5.32 Å². The normalized spacial score (nSPS) is 29.8. The summed E-state index contributed by atoms with van der Waals surface area (Å²) in [7, 11) is 4.33. The minimum atomic E-state index is -1.24. The van der Waals surface area contributed by atoms with Crippen molar-refractivity contribution in [3.05, 3.63) is 29.8 Å². The predicted molar refractivity (Wildman–Crippen MR) is 101 cm³/mol. The molecular formula is C19H24N2O5S. The molecule has 2 aliphatic rings. The molecule has 1 aromatic carbocycles. The van der Waals surface area contributed by atoms with Crippen LogP contribution >= 0.6 is 11.8 Å². The standard InChI is InChI=1S/C19H24N2O5S/c1-21-16(22)13-14(17(21)23)19(9-10-27-4,18(24)26-3)20-15(13)11-7-5-6-8-12(11)25-2/h5-8,13-15,20H,9-10H2,1-4H3/t13-,14-,15-,19-/m1/s1. The average Bonchev–Trinajstić information content (AvgIpc) is 3.15. The number of benzene rings is 1. The number of carbonyl (C=O) groups is 3. The van der Waals surface area contributed by atoms with Crippen molar-refractivity contribution in [1.82, 2.24) is 10.2 Å². The van der Waals surface area contributed by atoms with Crippen molar-refractivity contribution in [2.45, 2.75) is 18.0 Å². The summed E-state index contributed by atoms with van der Waals surface area (Å²) in [5, 5.41) is 3.33. The molecule has 0 aromatic heterocycles. The first kappa shape index (κ1) is 19.7. The van der Waals surface area contributed by atoms with E-state index in [1.54, 1.807) is 24.9 Å². The van der Waals surface area contributed by atoms with Crippen LogP contribution in [0.25, 0.3) is 0 Å². The number of amides is 2. The molecule has 1 aromatic rings. The fraction of sp³-hybridized carbons (Fsp3) is 0.526. The lowest BCUT2D eigenvalue weighted by atomic mass is 9.77. The van der Waals surface area contributed by atoms with E-state index in [4.69, 9.17) is 9.47 Å². The number of ether oxygens (including phenoxy) is 2. The van der Waals surface area contributed by atoms with E-state index in [0.29, 0.717) is 17.9 Å². The molecule has 2 aliphatic heterocycles. The van der Waals surface area contributed by atoms with Crippen molar-refractivity contribution in [1.29, 1.82) is 0 Å². The average molecular weight is 392 g/mol. The lowest BCUT2D eigenvalue weighted by Crippen LogP contribution is -2.56. The monoisotopic (exact) mass is 392 g/mol. The van der Waals surface area contributed by atoms with Gasteiger partial charge >= 0.3 is 5.97 Å². The number of imide groups is 1. The minimum Gasteiger partial charge on any atom is -0.496 e. The first-order chi connectivity index (χ1) is 12.9. The fourth-order valence-corrected chi connectivity index (χ4v) is 4.83. The molecule has 8 heteroatoms. The maximum atomic E-state index is 12.9. The zero-order valence-corrected chi connectivity index (χ0v) is 16.7. The number of hydrogen-bond acceptors (Lipinski definition) is 7. The van der Waals surface area contributed by atoms with Gasteiger partial charge in [-0.15, -0.1) is 0 Å². The molecule has 0 unspecified atom stereocenters. The molecule has 0 radical (unpaired) electrons. The molecule has 27 heavy (non-hydrogen) atoms. The van der Waals surface area contributed by atoms with Crippen LogP contribution in [-0.4, -0.2) is 61.5 Å². The van der Waals surface area contributed by atoms with Crippen LogP contribution in [0.1, 0.15) is 18.0 Å². The summed E-state index contributed by atoms with van der Waals surface area (Å²) in [6.07, 6.45) is 2.32. The summed E-state index contributed by atoms with van der Waals surface area (Å²) in [5.74, 6) is -1.38. The number of nitrogens with one attached hydrogen (secondary N) is 1. The van der Waals surface area contributed by atoms with Gasteiger partial charge in [0.25, 0.3) is 0 Å². The smallest absolute Gasteiger partial charge is 0.326 e. The second-order valence-corrected chi connectivity index (χ2v) is 7.79. The number of methoxy groups -OCH3 is 2. The third-order valence-corrected chi connectivity index (χ3v) is 6.21. The zero-order chi connectivity index (χ0) is 19.8. The molecule has 2 saturated heterocycles. The summed E-state index contributed by atoms with van der Waals surface area (Å²) in [6, 6.07) is 6.82. The highest BCUT2D eigenvalue weighted by atomic mass is 32.2. The Morgan fingerprint density at radius 1 is 1.26 bits per heavy atom. The van der Waals surface area contributed by atoms with Crippen molar-refractivity contribution >= 4 is 29.5 Å². The van der Waals surface area contributed by atoms with Crippen LogP contribution in [0.3, 0.4) is 0 Å². The van der Waals surface area contributed by atoms with Crippen molar-refractivity contribution in [2.24, 2.45) is 11.8 Å². The lowest BCUT2D eigenvalue weighted by molar-refractivity contribution is -0.154. The van der Waals surface area contributed by atoms with Gasteiger partial charge < -0.3 is 9.47 Å². The van der Waals surface area contributed by atoms with Gasteiger partial charge in [-0.1, -0.05) is 18.2 Å². The summed E-state index contributed by atoms with van der Waals surface area (Å²) < 4.78 is 10.5. The van der Waals surface area contributed by atoms with Crippen LogP contribution in [-0.2, 0) is 19.1 Å². The van der Waals surface area contributed by atoms with Gasteiger partial charge in [-0.05, 0) is 24.5 Å². The van der Waals surface area contributed by atoms with E-state index < -0.39 is 29.4 Å². The van der Waals surface area contributed by atoms with Gasteiger partial charge in [0.2, 0.25) is 11.8 Å². The zero-order valence-electron chi connectivity index (χ0n) is 15.9. The topological polar surface area (TPSA) is 84.9 Å². The number of fused-ring (bicyclic) bond motifs is 1. The SMILES string of the molecule is COC(=O)[C@]1(CCSC)N[C@H](c2ccccc2OC)[C@@H]2C(=O)N(C)C(=O)[C@@H]21. The van der Waals surface area contributed by atoms with E-state index in [0.717, 1.165) is 10.5 Å². The molecule has 0 saturated carbocycles. The van der Waals surface area contributed by atoms with Crippen LogP contribution < -0.4 is 10.1 Å². The second-order valence-electron chi connectivity index (χ2n) is 6.81. The maximum absolute atomic E-state index is 12.9. The van der Waals surface area contributed by atoms with Gasteiger partial charge in [0.15, 0.2) is 0 Å². The Hall–Kier alpha value is -2.06. The molecule has 0 bridgehead atoms. The number of likely N-dealkylation sites (tertiary alicyclic amines) is 1. The van der Waals surface area contributed by atoms with Gasteiger partial charge in [0.1, 0.15) is 11.3 Å². The number of hydrogen-bond donors (Lipinski definition) is 1. The first-order valence-corrected chi connectivity index (χ1v) is 10.1. The van der Waals surface area contributed by atoms with Crippen LogP contribution in [0.2, 0.25) is 0 Å². The van der Waals surface area contributed by atoms with Crippen molar-refractivity contribution in [3.63, 3.8) is 0 Å². The maximum Gasteiger partial charge on any atom is 0.326 e. The van der Waals surface area contributed by atoms with E-state index >= 15 is 0 Å². The van der Waals surface area contributed by atoms with Gasteiger partial charge in [0.05, 0.1) is 26.1 Å². The van der Waals surface area contributed by atoms with Crippen LogP contribution in [0.5, 0.6) is 5.75 Å². The number of carbonyl (C=O) groups excluding carboxylic acids is 3. The third kappa shape index (κ3) is 2.91. The summed E-state index contributed by atoms with van der Waals surface area (Å²) >= 11 is 1.57. The van der Waals surface area contributed by atoms with E-state index in [1.165, 1.54) is 14.2 Å². The van der Waals surface area contributed by atoms with Crippen molar-refractivity contribution in [2.75, 3.05) is 33.3 Å². The molecular weight excluding hydrogens is 368 g/mol. The van der Waals surface area contributed by atoms with E-state index in [9.17, 15) is 14.4 Å². The highest BCUT2D eigenvalue weighted by Crippen LogP contribution is 2.51. The van der Waals surface area contributed by atoms with Crippen LogP contribution in [0, 0.1) is 11.8 Å². The number of para-hydroxylation sites is 1. The van der Waals surface area contributed by atoms with Gasteiger partial charge in [-0.25, -0.2) is 0 Å². The second kappa shape index (κ2) is 7.52. The Bertz CT molecular complexity index is 770. The molecule has 1 N–H and O–H groups in total. The molecule has 0 aliphatic carbocycles. The van der Waals surface area contributed by atoms with E-state index in [1.807, 2.05) is 24.5 Å². The molecule has 2 fully saturated rings. The van der Waals surface area contributed by atoms with Gasteiger partial charge in [0, 0.05) is 18.7 Å². The Labute approximate surface area is 162 Å².